The fourth-order valence-corrected chi connectivity index (χ4v) is 3.42. The van der Waals surface area contributed by atoms with Gasteiger partial charge >= 0.3 is 0 Å². The number of carbonyl (C=O) groups is 1. The number of amides is 1. The summed E-state index contributed by atoms with van der Waals surface area (Å²) in [5, 5.41) is 5.40. The van der Waals surface area contributed by atoms with Crippen LogP contribution in [0, 0.1) is 0 Å². The molecule has 0 fully saturated rings. The minimum absolute atomic E-state index is 0.0965. The molecule has 3 rings (SSSR count). The summed E-state index contributed by atoms with van der Waals surface area (Å²) in [7, 11) is 0. The van der Waals surface area contributed by atoms with Crippen LogP contribution < -0.4 is 5.32 Å². The van der Waals surface area contributed by atoms with Gasteiger partial charge in [0, 0.05) is 4.48 Å². The Labute approximate surface area is 164 Å². The maximum Gasteiger partial charge on any atom is 0.259 e. The number of fused-ring (bicyclic) bond motifs is 1. The maximum absolute atomic E-state index is 12.6. The van der Waals surface area contributed by atoms with Gasteiger partial charge in [-0.2, -0.15) is 0 Å². The molecule has 3 aromatic carbocycles. The molecule has 25 heavy (non-hydrogen) atoms. The Balaban J connectivity index is 1.79. The molecular formula is C21H17Br2NO. The Hall–Kier alpha value is -1.91. The van der Waals surface area contributed by atoms with Crippen LogP contribution in [0.4, 0.5) is 0 Å². The van der Waals surface area contributed by atoms with Gasteiger partial charge in [-0.15, -0.1) is 0 Å². The van der Waals surface area contributed by atoms with E-state index in [-0.39, 0.29) is 11.9 Å². The highest BCUT2D eigenvalue weighted by atomic mass is 79.9. The predicted octanol–water partition coefficient (Wildman–Crippen LogP) is 6.18. The first-order valence-electron chi connectivity index (χ1n) is 7.96. The second-order valence-electron chi connectivity index (χ2n) is 5.80. The summed E-state index contributed by atoms with van der Waals surface area (Å²) in [6.07, 6.45) is 0. The molecule has 1 N–H and O–H groups in total. The maximum atomic E-state index is 12.6. The summed E-state index contributed by atoms with van der Waals surface area (Å²) in [5.41, 5.74) is 2.02. The van der Waals surface area contributed by atoms with Crippen molar-refractivity contribution in [3.05, 3.63) is 88.4 Å². The van der Waals surface area contributed by atoms with Gasteiger partial charge in [0.05, 0.1) is 10.5 Å². The van der Waals surface area contributed by atoms with Crippen LogP contribution in [0.1, 0.15) is 24.1 Å². The zero-order valence-electron chi connectivity index (χ0n) is 13.7. The van der Waals surface area contributed by atoms with Gasteiger partial charge in [0.25, 0.3) is 5.91 Å². The lowest BCUT2D eigenvalue weighted by Gasteiger charge is -2.15. The van der Waals surface area contributed by atoms with Gasteiger partial charge in [0.1, 0.15) is 0 Å². The van der Waals surface area contributed by atoms with Gasteiger partial charge in [-0.25, -0.2) is 0 Å². The van der Waals surface area contributed by atoms with Crippen LogP contribution >= 0.6 is 31.9 Å². The number of hydrogen-bond donors (Lipinski definition) is 1. The Morgan fingerprint density at radius 2 is 1.52 bits per heavy atom. The second-order valence-corrected chi connectivity index (χ2v) is 7.38. The summed E-state index contributed by atoms with van der Waals surface area (Å²) in [6, 6.07) is 24.1. The van der Waals surface area contributed by atoms with Crippen LogP contribution in [-0.2, 0) is 4.79 Å². The molecule has 0 radical (unpaired) electrons. The SMILES string of the molecule is C[C@H](NC(=O)C(Br)=C(Br)c1ccccc1)c1ccc2ccccc2c1. The van der Waals surface area contributed by atoms with E-state index in [1.54, 1.807) is 0 Å². The van der Waals surface area contributed by atoms with Gasteiger partial charge in [0.2, 0.25) is 0 Å². The van der Waals surface area contributed by atoms with E-state index in [1.165, 1.54) is 10.8 Å². The molecule has 4 heteroatoms. The van der Waals surface area contributed by atoms with Crippen LogP contribution in [0.15, 0.2) is 77.3 Å². The lowest BCUT2D eigenvalue weighted by Crippen LogP contribution is -2.26. The average molecular weight is 459 g/mol. The van der Waals surface area contributed by atoms with Gasteiger partial charge in [-0.05, 0) is 66.7 Å². The van der Waals surface area contributed by atoms with Gasteiger partial charge < -0.3 is 5.32 Å². The van der Waals surface area contributed by atoms with E-state index >= 15 is 0 Å². The fraction of sp³-hybridized carbons (Fsp3) is 0.0952. The highest BCUT2D eigenvalue weighted by Crippen LogP contribution is 2.29. The molecule has 0 spiro atoms. The van der Waals surface area contributed by atoms with Gasteiger partial charge in [-0.1, -0.05) is 66.7 Å². The van der Waals surface area contributed by atoms with Gasteiger partial charge in [-0.3, -0.25) is 4.79 Å². The van der Waals surface area contributed by atoms with Crippen LogP contribution in [0.2, 0.25) is 0 Å². The summed E-state index contributed by atoms with van der Waals surface area (Å²) in [6.45, 7) is 1.98. The van der Waals surface area contributed by atoms with Crippen LogP contribution in [-0.4, -0.2) is 5.91 Å². The third-order valence-electron chi connectivity index (χ3n) is 4.04. The topological polar surface area (TPSA) is 29.1 Å². The lowest BCUT2D eigenvalue weighted by molar-refractivity contribution is -0.117. The Morgan fingerprint density at radius 3 is 2.24 bits per heavy atom. The number of halogens is 2. The molecule has 0 saturated carbocycles. The van der Waals surface area contributed by atoms with E-state index in [2.05, 4.69) is 67.5 Å². The monoisotopic (exact) mass is 457 g/mol. The number of carbonyl (C=O) groups excluding carboxylic acids is 1. The molecule has 126 valence electrons. The summed E-state index contributed by atoms with van der Waals surface area (Å²) in [4.78, 5) is 12.6. The smallest absolute Gasteiger partial charge is 0.259 e. The van der Waals surface area contributed by atoms with Crippen LogP contribution in [0.25, 0.3) is 15.3 Å². The normalized spacial score (nSPS) is 13.2. The van der Waals surface area contributed by atoms with E-state index in [0.29, 0.717) is 4.48 Å². The zero-order valence-corrected chi connectivity index (χ0v) is 16.8. The first-order valence-corrected chi connectivity index (χ1v) is 9.55. The molecule has 1 amide bonds. The number of hydrogen-bond acceptors (Lipinski definition) is 1. The van der Waals surface area contributed by atoms with Crippen molar-refractivity contribution in [2.75, 3.05) is 0 Å². The van der Waals surface area contributed by atoms with Crippen molar-refractivity contribution in [1.82, 2.24) is 5.32 Å². The predicted molar refractivity (Wildman–Crippen MR) is 112 cm³/mol. The molecular weight excluding hydrogens is 442 g/mol. The minimum atomic E-state index is -0.156. The third-order valence-corrected chi connectivity index (χ3v) is 6.18. The van der Waals surface area contributed by atoms with Crippen molar-refractivity contribution in [2.24, 2.45) is 0 Å². The largest absolute Gasteiger partial charge is 0.345 e. The second kappa shape index (κ2) is 7.98. The highest BCUT2D eigenvalue weighted by Gasteiger charge is 2.16. The quantitative estimate of drug-likeness (QED) is 0.465. The first kappa shape index (κ1) is 17.9. The molecule has 1 atom stereocenters. The minimum Gasteiger partial charge on any atom is -0.345 e. The van der Waals surface area contributed by atoms with E-state index in [4.69, 9.17) is 0 Å². The summed E-state index contributed by atoms with van der Waals surface area (Å²) >= 11 is 6.91. The van der Waals surface area contributed by atoms with E-state index < -0.39 is 0 Å². The van der Waals surface area contributed by atoms with Crippen molar-refractivity contribution in [2.45, 2.75) is 13.0 Å². The molecule has 2 nitrogen and oxygen atoms in total. The summed E-state index contributed by atoms with van der Waals surface area (Å²) in [5.74, 6) is -0.156. The first-order chi connectivity index (χ1) is 12.1. The Bertz CT molecular complexity index is 935. The highest BCUT2D eigenvalue weighted by molar-refractivity contribution is 9.16. The standard InChI is InChI=1S/C21H17Br2NO/c1-14(17-12-11-15-7-5-6-10-18(15)13-17)24-21(25)20(23)19(22)16-8-3-2-4-9-16/h2-14H,1H3,(H,24,25)/t14-/m0/s1. The average Bonchev–Trinajstić information content (AvgIpc) is 2.67. The van der Waals surface area contributed by atoms with E-state index in [1.807, 2.05) is 49.4 Å². The zero-order chi connectivity index (χ0) is 17.8. The Kier molecular flexibility index (Phi) is 5.71. The molecule has 0 bridgehead atoms. The number of benzene rings is 3. The van der Waals surface area contributed by atoms with Crippen molar-refractivity contribution >= 4 is 53.0 Å². The van der Waals surface area contributed by atoms with Crippen molar-refractivity contribution < 1.29 is 4.79 Å². The molecule has 0 unspecified atom stereocenters. The molecule has 0 aliphatic rings. The van der Waals surface area contributed by atoms with Crippen LogP contribution in [0.3, 0.4) is 0 Å². The Morgan fingerprint density at radius 1 is 0.880 bits per heavy atom. The molecule has 0 aromatic heterocycles. The van der Waals surface area contributed by atoms with E-state index in [9.17, 15) is 4.79 Å². The fourth-order valence-electron chi connectivity index (χ4n) is 2.63. The molecule has 3 aromatic rings. The number of rotatable bonds is 4. The van der Waals surface area contributed by atoms with Crippen molar-refractivity contribution in [3.63, 3.8) is 0 Å². The molecule has 0 aliphatic heterocycles. The summed E-state index contributed by atoms with van der Waals surface area (Å²) < 4.78 is 1.21. The van der Waals surface area contributed by atoms with Crippen molar-refractivity contribution in [3.8, 4) is 0 Å². The molecule has 0 aliphatic carbocycles. The lowest BCUT2D eigenvalue weighted by atomic mass is 10.0. The molecule has 0 heterocycles. The van der Waals surface area contributed by atoms with Gasteiger partial charge in [0.15, 0.2) is 0 Å². The van der Waals surface area contributed by atoms with Crippen molar-refractivity contribution in [1.29, 1.82) is 0 Å². The van der Waals surface area contributed by atoms with E-state index in [0.717, 1.165) is 15.6 Å². The number of nitrogens with one attached hydrogen (secondary N) is 1. The molecule has 0 saturated heterocycles. The van der Waals surface area contributed by atoms with Crippen LogP contribution in [0.5, 0.6) is 0 Å². The third kappa shape index (κ3) is 4.20.